The van der Waals surface area contributed by atoms with Crippen LogP contribution < -0.4 is 10.6 Å². The van der Waals surface area contributed by atoms with Crippen LogP contribution in [-0.2, 0) is 22.9 Å². The summed E-state index contributed by atoms with van der Waals surface area (Å²) in [6, 6.07) is 7.34. The number of amides is 2. The molecule has 7 nitrogen and oxygen atoms in total. The first-order chi connectivity index (χ1) is 11.5. The highest BCUT2D eigenvalue weighted by molar-refractivity contribution is 7.91. The molecular weight excluding hydrogens is 328 g/mol. The SMILES string of the molecule is O=C(NCc1ccc(Cn2ccnc2)cc1)NC1CCS(=O)(=O)C1. The maximum atomic E-state index is 11.8. The van der Waals surface area contributed by atoms with E-state index in [9.17, 15) is 13.2 Å². The van der Waals surface area contributed by atoms with Crippen molar-refractivity contribution in [1.29, 1.82) is 0 Å². The first-order valence-corrected chi connectivity index (χ1v) is 9.61. The second-order valence-corrected chi connectivity index (χ2v) is 8.21. The van der Waals surface area contributed by atoms with Gasteiger partial charge in [-0.15, -0.1) is 0 Å². The zero-order valence-electron chi connectivity index (χ0n) is 13.2. The maximum Gasteiger partial charge on any atom is 0.315 e. The van der Waals surface area contributed by atoms with E-state index in [4.69, 9.17) is 0 Å². The average Bonchev–Trinajstić information content (AvgIpc) is 3.16. The van der Waals surface area contributed by atoms with Gasteiger partial charge in [-0.1, -0.05) is 24.3 Å². The van der Waals surface area contributed by atoms with E-state index in [2.05, 4.69) is 15.6 Å². The van der Waals surface area contributed by atoms with Crippen molar-refractivity contribution in [3.8, 4) is 0 Å². The van der Waals surface area contributed by atoms with Crippen LogP contribution in [0.5, 0.6) is 0 Å². The van der Waals surface area contributed by atoms with Crippen LogP contribution in [0.3, 0.4) is 0 Å². The smallest absolute Gasteiger partial charge is 0.315 e. The number of benzene rings is 1. The fourth-order valence-corrected chi connectivity index (χ4v) is 4.35. The number of urea groups is 1. The molecule has 1 aromatic carbocycles. The number of hydrogen-bond acceptors (Lipinski definition) is 4. The molecule has 2 heterocycles. The van der Waals surface area contributed by atoms with Gasteiger partial charge in [0.25, 0.3) is 0 Å². The van der Waals surface area contributed by atoms with Gasteiger partial charge in [0.2, 0.25) is 0 Å². The number of rotatable bonds is 5. The molecular formula is C16H20N4O3S. The van der Waals surface area contributed by atoms with Crippen LogP contribution in [0.1, 0.15) is 17.5 Å². The molecule has 1 aromatic heterocycles. The van der Waals surface area contributed by atoms with Crippen molar-refractivity contribution < 1.29 is 13.2 Å². The van der Waals surface area contributed by atoms with Gasteiger partial charge in [0.05, 0.1) is 17.8 Å². The third-order valence-electron chi connectivity index (χ3n) is 3.97. The Hall–Kier alpha value is -2.35. The van der Waals surface area contributed by atoms with Crippen molar-refractivity contribution in [1.82, 2.24) is 20.2 Å². The highest BCUT2D eigenvalue weighted by Gasteiger charge is 2.28. The van der Waals surface area contributed by atoms with E-state index >= 15 is 0 Å². The molecule has 1 aliphatic heterocycles. The van der Waals surface area contributed by atoms with Crippen molar-refractivity contribution in [2.24, 2.45) is 0 Å². The fourth-order valence-electron chi connectivity index (χ4n) is 2.68. The summed E-state index contributed by atoms with van der Waals surface area (Å²) >= 11 is 0. The lowest BCUT2D eigenvalue weighted by Gasteiger charge is -2.12. The average molecular weight is 348 g/mol. The molecule has 8 heteroatoms. The minimum absolute atomic E-state index is 0.0311. The second-order valence-electron chi connectivity index (χ2n) is 5.98. The lowest BCUT2D eigenvalue weighted by atomic mass is 10.1. The predicted molar refractivity (Wildman–Crippen MR) is 90.2 cm³/mol. The van der Waals surface area contributed by atoms with Crippen LogP contribution in [0.4, 0.5) is 4.79 Å². The molecule has 2 N–H and O–H groups in total. The van der Waals surface area contributed by atoms with Gasteiger partial charge in [-0.2, -0.15) is 0 Å². The molecule has 0 aliphatic carbocycles. The molecule has 2 aromatic rings. The molecule has 128 valence electrons. The van der Waals surface area contributed by atoms with Crippen LogP contribution in [0, 0.1) is 0 Å². The van der Waals surface area contributed by atoms with Gasteiger partial charge in [-0.05, 0) is 17.5 Å². The summed E-state index contributed by atoms with van der Waals surface area (Å²) in [4.78, 5) is 15.8. The minimum atomic E-state index is -2.98. The highest BCUT2D eigenvalue weighted by Crippen LogP contribution is 2.11. The van der Waals surface area contributed by atoms with Gasteiger partial charge in [0.1, 0.15) is 0 Å². The standard InChI is InChI=1S/C16H20N4O3S/c21-16(19-15-5-8-24(22,23)11-15)18-9-13-1-3-14(4-2-13)10-20-7-6-17-12-20/h1-4,6-7,12,15H,5,8-11H2,(H2,18,19,21). The fraction of sp³-hybridized carbons (Fsp3) is 0.375. The Labute approximate surface area is 141 Å². The van der Waals surface area contributed by atoms with Crippen molar-refractivity contribution in [2.75, 3.05) is 11.5 Å². The van der Waals surface area contributed by atoms with E-state index in [1.165, 1.54) is 0 Å². The zero-order valence-corrected chi connectivity index (χ0v) is 14.0. The Kier molecular flexibility index (Phi) is 4.84. The van der Waals surface area contributed by atoms with Gasteiger partial charge in [0.15, 0.2) is 9.84 Å². The number of carbonyl (C=O) groups is 1. The number of carbonyl (C=O) groups excluding carboxylic acids is 1. The Morgan fingerprint density at radius 1 is 1.25 bits per heavy atom. The lowest BCUT2D eigenvalue weighted by molar-refractivity contribution is 0.237. The monoisotopic (exact) mass is 348 g/mol. The van der Waals surface area contributed by atoms with Gasteiger partial charge in [-0.3, -0.25) is 0 Å². The first kappa shape index (κ1) is 16.5. The van der Waals surface area contributed by atoms with Crippen molar-refractivity contribution in [3.63, 3.8) is 0 Å². The number of hydrogen-bond donors (Lipinski definition) is 2. The van der Waals surface area contributed by atoms with E-state index in [-0.39, 0.29) is 23.6 Å². The zero-order chi connectivity index (χ0) is 17.0. The number of nitrogens with one attached hydrogen (secondary N) is 2. The van der Waals surface area contributed by atoms with Crippen LogP contribution in [0.15, 0.2) is 43.0 Å². The predicted octanol–water partition coefficient (Wildman–Crippen LogP) is 0.918. The summed E-state index contributed by atoms with van der Waals surface area (Å²) in [5.74, 6) is 0.180. The Balaban J connectivity index is 1.45. The minimum Gasteiger partial charge on any atom is -0.334 e. The van der Waals surface area contributed by atoms with E-state index in [1.54, 1.807) is 12.5 Å². The number of imidazole rings is 1. The van der Waals surface area contributed by atoms with Gasteiger partial charge < -0.3 is 15.2 Å². The largest absolute Gasteiger partial charge is 0.334 e. The molecule has 3 rings (SSSR count). The summed E-state index contributed by atoms with van der Waals surface area (Å²) in [6.45, 7) is 1.15. The summed E-state index contributed by atoms with van der Waals surface area (Å²) in [5, 5.41) is 5.46. The molecule has 0 spiro atoms. The van der Waals surface area contributed by atoms with Crippen LogP contribution in [0.2, 0.25) is 0 Å². The number of sulfone groups is 1. The number of nitrogens with zero attached hydrogens (tertiary/aromatic N) is 2. The highest BCUT2D eigenvalue weighted by atomic mass is 32.2. The molecule has 0 saturated carbocycles. The van der Waals surface area contributed by atoms with E-state index < -0.39 is 9.84 Å². The third-order valence-corrected chi connectivity index (χ3v) is 5.74. The summed E-state index contributed by atoms with van der Waals surface area (Å²) < 4.78 is 24.7. The Morgan fingerprint density at radius 2 is 2.00 bits per heavy atom. The molecule has 1 unspecified atom stereocenters. The van der Waals surface area contributed by atoms with Crippen LogP contribution >= 0.6 is 0 Å². The Morgan fingerprint density at radius 3 is 2.62 bits per heavy atom. The van der Waals surface area contributed by atoms with E-state index in [1.807, 2.05) is 35.0 Å². The van der Waals surface area contributed by atoms with Gasteiger partial charge in [-0.25, -0.2) is 18.2 Å². The van der Waals surface area contributed by atoms with E-state index in [0.717, 1.165) is 17.7 Å². The van der Waals surface area contributed by atoms with Crippen molar-refractivity contribution in [3.05, 3.63) is 54.1 Å². The third kappa shape index (κ3) is 4.58. The summed E-state index contributed by atoms with van der Waals surface area (Å²) in [6.07, 6.45) is 5.90. The maximum absolute atomic E-state index is 11.8. The number of aromatic nitrogens is 2. The topological polar surface area (TPSA) is 93.1 Å². The molecule has 0 radical (unpaired) electrons. The molecule has 1 fully saturated rings. The molecule has 0 bridgehead atoms. The quantitative estimate of drug-likeness (QED) is 0.840. The molecule has 2 amide bonds. The summed E-state index contributed by atoms with van der Waals surface area (Å²) in [5.41, 5.74) is 2.14. The molecule has 1 saturated heterocycles. The Bertz CT molecular complexity index is 785. The molecule has 24 heavy (non-hydrogen) atoms. The van der Waals surface area contributed by atoms with Gasteiger partial charge >= 0.3 is 6.03 Å². The van der Waals surface area contributed by atoms with Crippen molar-refractivity contribution in [2.45, 2.75) is 25.6 Å². The van der Waals surface area contributed by atoms with Crippen LogP contribution in [0.25, 0.3) is 0 Å². The second kappa shape index (κ2) is 7.04. The van der Waals surface area contributed by atoms with Gasteiger partial charge in [0, 0.05) is 31.5 Å². The normalized spacial score (nSPS) is 19.1. The van der Waals surface area contributed by atoms with Crippen LogP contribution in [-0.4, -0.2) is 41.5 Å². The van der Waals surface area contributed by atoms with E-state index in [0.29, 0.717) is 13.0 Å². The summed E-state index contributed by atoms with van der Waals surface area (Å²) in [7, 11) is -2.98. The first-order valence-electron chi connectivity index (χ1n) is 7.78. The molecule has 1 atom stereocenters. The lowest BCUT2D eigenvalue weighted by Crippen LogP contribution is -2.42. The van der Waals surface area contributed by atoms with Crippen molar-refractivity contribution >= 4 is 15.9 Å². The molecule has 1 aliphatic rings.